The molecular formula is C28H30FN7O. The minimum absolute atomic E-state index is 0.000806. The second-order valence-corrected chi connectivity index (χ2v) is 9.38. The van der Waals surface area contributed by atoms with E-state index in [1.807, 2.05) is 48.4 Å². The Kier molecular flexibility index (Phi) is 6.85. The Morgan fingerprint density at radius 3 is 2.32 bits per heavy atom. The fourth-order valence-corrected chi connectivity index (χ4v) is 4.68. The number of aryl methyl sites for hydroxylation is 1. The standard InChI is InChI=1S/C28H30FN7O/c1-19(2)36-20(3)31-18-26(36)25-12-13-30-28(33-25)32-23-8-4-21(5-9-23)27(37)35-16-14-34(15-17-35)24-10-6-22(29)7-11-24/h4-13,18-19H,14-17H2,1-3H3,(H,30,32,33). The highest BCUT2D eigenvalue weighted by Gasteiger charge is 2.22. The molecule has 0 saturated carbocycles. The molecule has 1 aliphatic rings. The average molecular weight is 500 g/mol. The van der Waals surface area contributed by atoms with Gasteiger partial charge in [0.2, 0.25) is 5.95 Å². The van der Waals surface area contributed by atoms with Crippen LogP contribution in [0.5, 0.6) is 0 Å². The first-order valence-electron chi connectivity index (χ1n) is 12.4. The predicted octanol–water partition coefficient (Wildman–Crippen LogP) is 5.07. The van der Waals surface area contributed by atoms with Crippen molar-refractivity contribution >= 4 is 23.2 Å². The zero-order valence-electron chi connectivity index (χ0n) is 21.2. The molecule has 5 rings (SSSR count). The van der Waals surface area contributed by atoms with Crippen molar-refractivity contribution in [3.8, 4) is 11.4 Å². The SMILES string of the molecule is Cc1ncc(-c2ccnc(Nc3ccc(C(=O)N4CCN(c5ccc(F)cc5)CC4)cc3)n2)n1C(C)C. The van der Waals surface area contributed by atoms with Gasteiger partial charge in [0.15, 0.2) is 0 Å². The lowest BCUT2D eigenvalue weighted by Crippen LogP contribution is -2.48. The normalized spacial score (nSPS) is 13.8. The van der Waals surface area contributed by atoms with Crippen molar-refractivity contribution in [2.75, 3.05) is 36.4 Å². The molecule has 0 bridgehead atoms. The largest absolute Gasteiger partial charge is 0.368 e. The summed E-state index contributed by atoms with van der Waals surface area (Å²) < 4.78 is 15.3. The summed E-state index contributed by atoms with van der Waals surface area (Å²) in [7, 11) is 0. The number of anilines is 3. The van der Waals surface area contributed by atoms with Crippen LogP contribution in [0.4, 0.5) is 21.7 Å². The molecule has 1 saturated heterocycles. The number of nitrogens with zero attached hydrogens (tertiary/aromatic N) is 6. The van der Waals surface area contributed by atoms with Crippen LogP contribution in [-0.4, -0.2) is 56.5 Å². The van der Waals surface area contributed by atoms with Gasteiger partial charge in [0, 0.05) is 55.4 Å². The fourth-order valence-electron chi connectivity index (χ4n) is 4.68. The lowest BCUT2D eigenvalue weighted by Gasteiger charge is -2.36. The zero-order valence-corrected chi connectivity index (χ0v) is 21.2. The number of piperazine rings is 1. The van der Waals surface area contributed by atoms with Crippen molar-refractivity contribution in [2.45, 2.75) is 26.8 Å². The summed E-state index contributed by atoms with van der Waals surface area (Å²) in [5, 5.41) is 3.23. The van der Waals surface area contributed by atoms with Gasteiger partial charge < -0.3 is 19.7 Å². The van der Waals surface area contributed by atoms with E-state index in [2.05, 4.69) is 43.6 Å². The van der Waals surface area contributed by atoms with E-state index in [9.17, 15) is 9.18 Å². The molecule has 4 aromatic rings. The molecule has 0 spiro atoms. The summed E-state index contributed by atoms with van der Waals surface area (Å²) in [4.78, 5) is 30.6. The minimum Gasteiger partial charge on any atom is -0.368 e. The monoisotopic (exact) mass is 499 g/mol. The van der Waals surface area contributed by atoms with Crippen LogP contribution in [0.15, 0.2) is 67.0 Å². The number of halogens is 1. The molecule has 0 radical (unpaired) electrons. The molecule has 37 heavy (non-hydrogen) atoms. The lowest BCUT2D eigenvalue weighted by atomic mass is 10.1. The Bertz CT molecular complexity index is 1370. The number of imidazole rings is 1. The Balaban J connectivity index is 1.22. The molecule has 0 atom stereocenters. The highest BCUT2D eigenvalue weighted by atomic mass is 19.1. The molecule has 3 heterocycles. The Hall–Kier alpha value is -4.27. The summed E-state index contributed by atoms with van der Waals surface area (Å²) >= 11 is 0. The van der Waals surface area contributed by atoms with Crippen molar-refractivity contribution in [2.24, 2.45) is 0 Å². The second kappa shape index (κ2) is 10.4. The Morgan fingerprint density at radius 1 is 0.946 bits per heavy atom. The number of aromatic nitrogens is 4. The topological polar surface area (TPSA) is 79.2 Å². The van der Waals surface area contributed by atoms with Crippen LogP contribution in [0.2, 0.25) is 0 Å². The first-order valence-corrected chi connectivity index (χ1v) is 12.4. The van der Waals surface area contributed by atoms with E-state index in [1.165, 1.54) is 12.1 Å². The first kappa shape index (κ1) is 24.4. The Morgan fingerprint density at radius 2 is 1.65 bits per heavy atom. The molecule has 2 aromatic carbocycles. The molecule has 0 aliphatic carbocycles. The van der Waals surface area contributed by atoms with Gasteiger partial charge >= 0.3 is 0 Å². The third kappa shape index (κ3) is 5.30. The van der Waals surface area contributed by atoms with Crippen molar-refractivity contribution < 1.29 is 9.18 Å². The van der Waals surface area contributed by atoms with Crippen molar-refractivity contribution in [3.63, 3.8) is 0 Å². The average Bonchev–Trinajstić information content (AvgIpc) is 3.31. The van der Waals surface area contributed by atoms with Gasteiger partial charge in [0.05, 0.1) is 17.6 Å². The van der Waals surface area contributed by atoms with Gasteiger partial charge in [-0.05, 0) is 75.4 Å². The van der Waals surface area contributed by atoms with Gasteiger partial charge in [-0.15, -0.1) is 0 Å². The second-order valence-electron chi connectivity index (χ2n) is 9.38. The van der Waals surface area contributed by atoms with Crippen molar-refractivity contribution in [1.82, 2.24) is 24.4 Å². The zero-order chi connectivity index (χ0) is 25.9. The highest BCUT2D eigenvalue weighted by Crippen LogP contribution is 2.24. The van der Waals surface area contributed by atoms with Crippen LogP contribution in [0.1, 0.15) is 36.1 Å². The van der Waals surface area contributed by atoms with Crippen molar-refractivity contribution in [3.05, 3.63) is 84.2 Å². The quantitative estimate of drug-likeness (QED) is 0.399. The molecule has 9 heteroatoms. The van der Waals surface area contributed by atoms with Crippen molar-refractivity contribution in [1.29, 1.82) is 0 Å². The van der Waals surface area contributed by atoms with Crippen LogP contribution < -0.4 is 10.2 Å². The smallest absolute Gasteiger partial charge is 0.253 e. The molecular weight excluding hydrogens is 469 g/mol. The lowest BCUT2D eigenvalue weighted by molar-refractivity contribution is 0.0747. The van der Waals surface area contributed by atoms with Crippen LogP contribution >= 0.6 is 0 Å². The molecule has 1 aliphatic heterocycles. The van der Waals surface area contributed by atoms with E-state index < -0.39 is 0 Å². The molecule has 2 aromatic heterocycles. The maximum atomic E-state index is 13.2. The number of hydrogen-bond acceptors (Lipinski definition) is 6. The van der Waals surface area contributed by atoms with Gasteiger partial charge in [0.1, 0.15) is 11.6 Å². The molecule has 190 valence electrons. The number of carbonyl (C=O) groups excluding carboxylic acids is 1. The van der Waals surface area contributed by atoms with Gasteiger partial charge in [-0.25, -0.2) is 19.3 Å². The minimum atomic E-state index is -0.247. The van der Waals surface area contributed by atoms with Gasteiger partial charge in [0.25, 0.3) is 5.91 Å². The van der Waals surface area contributed by atoms with Gasteiger partial charge in [-0.1, -0.05) is 0 Å². The van der Waals surface area contributed by atoms with E-state index in [0.29, 0.717) is 37.7 Å². The van der Waals surface area contributed by atoms with E-state index in [1.54, 1.807) is 18.3 Å². The van der Waals surface area contributed by atoms with E-state index in [-0.39, 0.29) is 17.8 Å². The summed E-state index contributed by atoms with van der Waals surface area (Å²) in [6.45, 7) is 8.87. The van der Waals surface area contributed by atoms with E-state index >= 15 is 0 Å². The third-order valence-corrected chi connectivity index (χ3v) is 6.56. The molecule has 1 amide bonds. The number of benzene rings is 2. The van der Waals surface area contributed by atoms with Crippen LogP contribution in [0.25, 0.3) is 11.4 Å². The van der Waals surface area contributed by atoms with Gasteiger partial charge in [-0.2, -0.15) is 0 Å². The number of amides is 1. The third-order valence-electron chi connectivity index (χ3n) is 6.56. The molecule has 1 fully saturated rings. The van der Waals surface area contributed by atoms with E-state index in [4.69, 9.17) is 0 Å². The summed E-state index contributed by atoms with van der Waals surface area (Å²) in [5.74, 6) is 1.17. The van der Waals surface area contributed by atoms with Gasteiger partial charge in [-0.3, -0.25) is 4.79 Å². The number of hydrogen-bond donors (Lipinski definition) is 1. The van der Waals surface area contributed by atoms with Crippen LogP contribution in [0, 0.1) is 12.7 Å². The summed E-state index contributed by atoms with van der Waals surface area (Å²) in [5.41, 5.74) is 4.13. The molecule has 8 nitrogen and oxygen atoms in total. The number of carbonyl (C=O) groups is 1. The first-order chi connectivity index (χ1) is 17.9. The summed E-state index contributed by atoms with van der Waals surface area (Å²) in [6.07, 6.45) is 3.56. The fraction of sp³-hybridized carbons (Fsp3) is 0.286. The Labute approximate surface area is 215 Å². The summed E-state index contributed by atoms with van der Waals surface area (Å²) in [6, 6.07) is 16.0. The van der Waals surface area contributed by atoms with Crippen LogP contribution in [-0.2, 0) is 0 Å². The van der Waals surface area contributed by atoms with Crippen LogP contribution in [0.3, 0.4) is 0 Å². The molecule has 1 N–H and O–H groups in total. The maximum Gasteiger partial charge on any atom is 0.253 e. The number of rotatable bonds is 6. The van der Waals surface area contributed by atoms with E-state index in [0.717, 1.165) is 28.6 Å². The predicted molar refractivity (Wildman–Crippen MR) is 143 cm³/mol. The number of nitrogens with one attached hydrogen (secondary N) is 1. The molecule has 0 unspecified atom stereocenters. The maximum absolute atomic E-state index is 13.2. The highest BCUT2D eigenvalue weighted by molar-refractivity contribution is 5.94.